The average molecular weight is 487 g/mol. The maximum absolute atomic E-state index is 6.06. The van der Waals surface area contributed by atoms with Gasteiger partial charge in [-0.15, -0.1) is 11.6 Å². The van der Waals surface area contributed by atoms with Gasteiger partial charge in [0.05, 0.1) is 106 Å². The van der Waals surface area contributed by atoms with Gasteiger partial charge < -0.3 is 42.6 Å². The first-order valence-corrected chi connectivity index (χ1v) is 12.2. The number of hydrogen-bond acceptors (Lipinski definition) is 9. The van der Waals surface area contributed by atoms with E-state index in [9.17, 15) is 0 Å². The normalized spacial score (nSPS) is 21.9. The third-order valence-electron chi connectivity index (χ3n) is 4.46. The lowest BCUT2D eigenvalue weighted by atomic mass is 10.1. The van der Waals surface area contributed by atoms with Gasteiger partial charge >= 0.3 is 0 Å². The zero-order valence-electron chi connectivity index (χ0n) is 19.7. The summed E-state index contributed by atoms with van der Waals surface area (Å²) in [6.07, 6.45) is 2.06. The van der Waals surface area contributed by atoms with Gasteiger partial charge in [-0.2, -0.15) is 0 Å². The van der Waals surface area contributed by atoms with Crippen LogP contribution in [0.15, 0.2) is 0 Å². The van der Waals surface area contributed by atoms with Crippen molar-refractivity contribution in [3.05, 3.63) is 0 Å². The second-order valence-electron chi connectivity index (χ2n) is 7.29. The SMILES string of the molecule is CCCCOCC1(OCCCl)COCCOCCOCCOCCOCCOCCOC1. The highest BCUT2D eigenvalue weighted by Gasteiger charge is 2.33. The second-order valence-corrected chi connectivity index (χ2v) is 7.67. The Labute approximate surface area is 198 Å². The van der Waals surface area contributed by atoms with E-state index < -0.39 is 5.60 Å². The predicted molar refractivity (Wildman–Crippen MR) is 121 cm³/mol. The maximum Gasteiger partial charge on any atom is 0.138 e. The van der Waals surface area contributed by atoms with Gasteiger partial charge in [-0.1, -0.05) is 13.3 Å². The number of ether oxygens (including phenoxy) is 9. The molecule has 1 aliphatic rings. The Morgan fingerprint density at radius 3 is 1.41 bits per heavy atom. The molecule has 0 N–H and O–H groups in total. The lowest BCUT2D eigenvalue weighted by Crippen LogP contribution is -2.48. The number of alkyl halides is 1. The van der Waals surface area contributed by atoms with Crippen LogP contribution < -0.4 is 0 Å². The molecule has 0 aromatic carbocycles. The first-order valence-electron chi connectivity index (χ1n) is 11.6. The molecule has 0 aromatic heterocycles. The molecule has 1 fully saturated rings. The van der Waals surface area contributed by atoms with Crippen molar-refractivity contribution in [2.24, 2.45) is 0 Å². The summed E-state index contributed by atoms with van der Waals surface area (Å²) >= 11 is 5.88. The van der Waals surface area contributed by atoms with Crippen LogP contribution in [0.1, 0.15) is 19.8 Å². The summed E-state index contributed by atoms with van der Waals surface area (Å²) in [7, 11) is 0. The summed E-state index contributed by atoms with van der Waals surface area (Å²) < 4.78 is 51.1. The quantitative estimate of drug-likeness (QED) is 0.377. The average Bonchev–Trinajstić information content (AvgIpc) is 2.80. The Morgan fingerprint density at radius 2 is 1.03 bits per heavy atom. The van der Waals surface area contributed by atoms with Gasteiger partial charge in [0.1, 0.15) is 5.60 Å². The molecule has 0 unspecified atom stereocenters. The molecule has 0 atom stereocenters. The van der Waals surface area contributed by atoms with Crippen LogP contribution in [0.25, 0.3) is 0 Å². The van der Waals surface area contributed by atoms with Crippen LogP contribution in [-0.4, -0.2) is 124 Å². The number of rotatable bonds is 8. The van der Waals surface area contributed by atoms with E-state index >= 15 is 0 Å². The topological polar surface area (TPSA) is 83.1 Å². The molecule has 9 nitrogen and oxygen atoms in total. The fraction of sp³-hybridized carbons (Fsp3) is 1.00. The Hall–Kier alpha value is -0.0700. The second kappa shape index (κ2) is 22.7. The molecule has 192 valence electrons. The molecular weight excluding hydrogens is 444 g/mol. The third kappa shape index (κ3) is 17.4. The molecule has 0 bridgehead atoms. The zero-order valence-corrected chi connectivity index (χ0v) is 20.5. The third-order valence-corrected chi connectivity index (χ3v) is 4.61. The van der Waals surface area contributed by atoms with Gasteiger partial charge in [-0.3, -0.25) is 0 Å². The predicted octanol–water partition coefficient (Wildman–Crippen LogP) is 1.93. The van der Waals surface area contributed by atoms with Crippen LogP contribution in [0, 0.1) is 0 Å². The van der Waals surface area contributed by atoms with Gasteiger partial charge in [0, 0.05) is 12.5 Å². The number of unbranched alkanes of at least 4 members (excludes halogenated alkanes) is 1. The molecule has 0 aliphatic carbocycles. The summed E-state index contributed by atoms with van der Waals surface area (Å²) in [5.74, 6) is 0.383. The lowest BCUT2D eigenvalue weighted by molar-refractivity contribution is -0.168. The van der Waals surface area contributed by atoms with Crippen molar-refractivity contribution in [2.75, 3.05) is 118 Å². The van der Waals surface area contributed by atoms with Crippen LogP contribution in [0.3, 0.4) is 0 Å². The molecule has 0 spiro atoms. The van der Waals surface area contributed by atoms with Crippen molar-refractivity contribution >= 4 is 11.6 Å². The fourth-order valence-corrected chi connectivity index (χ4v) is 2.82. The van der Waals surface area contributed by atoms with Crippen molar-refractivity contribution in [1.29, 1.82) is 0 Å². The van der Waals surface area contributed by atoms with Crippen LogP contribution >= 0.6 is 11.6 Å². The van der Waals surface area contributed by atoms with Gasteiger partial charge in [-0.05, 0) is 6.42 Å². The Balaban J connectivity index is 2.52. The Bertz CT molecular complexity index is 368. The minimum Gasteiger partial charge on any atom is -0.378 e. The largest absolute Gasteiger partial charge is 0.378 e. The standard InChI is InChI=1S/C22H43ClO9/c1-2-3-5-29-19-22(32-6-4-23)20-30-17-15-27-13-11-25-9-7-24-8-10-26-12-14-28-16-18-31-21-22/h2-21H2,1H3. The van der Waals surface area contributed by atoms with Crippen LogP contribution in [0.2, 0.25) is 0 Å². The van der Waals surface area contributed by atoms with Crippen molar-refractivity contribution < 1.29 is 42.6 Å². The van der Waals surface area contributed by atoms with E-state index in [4.69, 9.17) is 54.2 Å². The summed E-state index contributed by atoms with van der Waals surface area (Å²) in [5, 5.41) is 0. The lowest BCUT2D eigenvalue weighted by Gasteiger charge is -2.33. The number of halogens is 1. The van der Waals surface area contributed by atoms with Crippen LogP contribution in [0.5, 0.6) is 0 Å². The van der Waals surface area contributed by atoms with E-state index in [1.165, 1.54) is 0 Å². The summed E-state index contributed by atoms with van der Waals surface area (Å²) in [6.45, 7) is 10.2. The molecule has 1 aliphatic heterocycles. The highest BCUT2D eigenvalue weighted by atomic mass is 35.5. The molecular formula is C22H43ClO9. The summed E-state index contributed by atoms with van der Waals surface area (Å²) in [5.41, 5.74) is -0.730. The van der Waals surface area contributed by atoms with Crippen molar-refractivity contribution in [2.45, 2.75) is 25.4 Å². The van der Waals surface area contributed by atoms with Crippen molar-refractivity contribution in [1.82, 2.24) is 0 Å². The molecule has 0 aromatic rings. The summed E-state index contributed by atoms with van der Waals surface area (Å²) in [4.78, 5) is 0. The number of hydrogen-bond donors (Lipinski definition) is 0. The maximum atomic E-state index is 6.06. The monoisotopic (exact) mass is 486 g/mol. The highest BCUT2D eigenvalue weighted by molar-refractivity contribution is 6.17. The molecule has 0 radical (unpaired) electrons. The molecule has 0 amide bonds. The first kappa shape index (κ1) is 30.0. The Kier molecular flexibility index (Phi) is 21.3. The molecule has 1 heterocycles. The van der Waals surface area contributed by atoms with Crippen LogP contribution in [0.4, 0.5) is 0 Å². The first-order chi connectivity index (χ1) is 15.8. The van der Waals surface area contributed by atoms with Gasteiger partial charge in [0.15, 0.2) is 0 Å². The van der Waals surface area contributed by atoms with Crippen molar-refractivity contribution in [3.8, 4) is 0 Å². The van der Waals surface area contributed by atoms with E-state index in [-0.39, 0.29) is 0 Å². The zero-order chi connectivity index (χ0) is 23.0. The Morgan fingerprint density at radius 1 is 0.625 bits per heavy atom. The minimum atomic E-state index is -0.730. The summed E-state index contributed by atoms with van der Waals surface area (Å²) in [6, 6.07) is 0. The van der Waals surface area contributed by atoms with Crippen LogP contribution in [-0.2, 0) is 42.6 Å². The van der Waals surface area contributed by atoms with E-state index in [2.05, 4.69) is 6.92 Å². The highest BCUT2D eigenvalue weighted by Crippen LogP contribution is 2.15. The van der Waals surface area contributed by atoms with E-state index in [1.807, 2.05) is 0 Å². The minimum absolute atomic E-state index is 0.321. The van der Waals surface area contributed by atoms with Gasteiger partial charge in [-0.25, -0.2) is 0 Å². The van der Waals surface area contributed by atoms with Gasteiger partial charge in [0.2, 0.25) is 0 Å². The van der Waals surface area contributed by atoms with Crippen molar-refractivity contribution in [3.63, 3.8) is 0 Å². The fourth-order valence-electron chi connectivity index (χ4n) is 2.74. The van der Waals surface area contributed by atoms with E-state index in [1.54, 1.807) is 0 Å². The smallest absolute Gasteiger partial charge is 0.138 e. The molecule has 1 rings (SSSR count). The molecule has 10 heteroatoms. The van der Waals surface area contributed by atoms with Gasteiger partial charge in [0.25, 0.3) is 0 Å². The van der Waals surface area contributed by atoms with E-state index in [0.717, 1.165) is 12.8 Å². The van der Waals surface area contributed by atoms with E-state index in [0.29, 0.717) is 118 Å². The molecule has 1 saturated heterocycles. The molecule has 0 saturated carbocycles. The molecule has 32 heavy (non-hydrogen) atoms.